The van der Waals surface area contributed by atoms with Crippen LogP contribution in [0, 0.1) is 5.92 Å². The van der Waals surface area contributed by atoms with Crippen LogP contribution in [0.3, 0.4) is 0 Å². The number of Topliss-reactive ketones (excluding diaryl/α,β-unsaturated/α-hetero) is 2. The molecule has 7 rings (SSSR count). The maximum atomic E-state index is 14.9. The lowest BCUT2D eigenvalue weighted by Crippen LogP contribution is -2.51. The second-order valence-corrected chi connectivity index (χ2v) is 12.4. The van der Waals surface area contributed by atoms with Gasteiger partial charge in [0.25, 0.3) is 0 Å². The van der Waals surface area contributed by atoms with E-state index >= 15 is 0 Å². The molecule has 1 saturated heterocycles. The Hall–Kier alpha value is -4.29. The van der Waals surface area contributed by atoms with Gasteiger partial charge in [0.1, 0.15) is 11.5 Å². The molecule has 0 bridgehead atoms. The average Bonchev–Trinajstić information content (AvgIpc) is 3.74. The number of carbonyl (C=O) groups is 3. The van der Waals surface area contributed by atoms with E-state index in [4.69, 9.17) is 0 Å². The summed E-state index contributed by atoms with van der Waals surface area (Å²) in [4.78, 5) is 46.5. The number of carbonyl (C=O) groups excluding carboxylic acids is 3. The van der Waals surface area contributed by atoms with Crippen LogP contribution in [-0.4, -0.2) is 29.6 Å². The number of anilines is 2. The number of ketones is 2. The molecule has 3 aliphatic rings. The Morgan fingerprint density at radius 3 is 2.48 bits per heavy atom. The smallest absolute Gasteiger partial charge is 0.238 e. The second kappa shape index (κ2) is 10.5. The van der Waals surface area contributed by atoms with Crippen molar-refractivity contribution in [2.75, 3.05) is 10.2 Å². The molecular weight excluding hydrogens is 540 g/mol. The molecule has 3 aromatic carbocycles. The van der Waals surface area contributed by atoms with E-state index < -0.39 is 23.4 Å². The predicted molar refractivity (Wildman–Crippen MR) is 168 cm³/mol. The number of benzene rings is 3. The first kappa shape index (κ1) is 26.6. The Morgan fingerprint density at radius 2 is 1.69 bits per heavy atom. The number of para-hydroxylation sites is 2. The van der Waals surface area contributed by atoms with Gasteiger partial charge in [-0.3, -0.25) is 14.4 Å². The van der Waals surface area contributed by atoms with Crippen molar-refractivity contribution in [3.05, 3.63) is 124 Å². The first-order chi connectivity index (χ1) is 20.6. The molecule has 1 N–H and O–H groups in total. The van der Waals surface area contributed by atoms with E-state index in [1.165, 1.54) is 23.3 Å². The van der Waals surface area contributed by atoms with Crippen molar-refractivity contribution < 1.29 is 14.4 Å². The fourth-order valence-corrected chi connectivity index (χ4v) is 7.98. The number of nitrogens with zero attached hydrogens (tertiary/aromatic N) is 1. The second-order valence-electron chi connectivity index (χ2n) is 11.4. The fourth-order valence-electron chi connectivity index (χ4n) is 7.28. The minimum absolute atomic E-state index is 0.135. The third-order valence-corrected chi connectivity index (χ3v) is 10.0. The molecule has 5 nitrogen and oxygen atoms in total. The lowest BCUT2D eigenvalue weighted by Gasteiger charge is -2.37. The van der Waals surface area contributed by atoms with Gasteiger partial charge in [-0.1, -0.05) is 98.6 Å². The van der Waals surface area contributed by atoms with Gasteiger partial charge in [0, 0.05) is 16.9 Å². The fraction of sp³-hybridized carbons (Fsp3) is 0.250. The summed E-state index contributed by atoms with van der Waals surface area (Å²) in [6, 6.07) is 25.6. The summed E-state index contributed by atoms with van der Waals surface area (Å²) in [6.45, 7) is 2.19. The van der Waals surface area contributed by atoms with Crippen molar-refractivity contribution in [3.8, 4) is 0 Å². The number of rotatable bonds is 8. The molecule has 0 aliphatic carbocycles. The molecule has 1 spiro atoms. The number of unbranched alkanes of at least 4 members (excludes halogenated alkanes) is 2. The zero-order valence-electron chi connectivity index (χ0n) is 23.5. The van der Waals surface area contributed by atoms with E-state index in [0.29, 0.717) is 16.1 Å². The van der Waals surface area contributed by atoms with Crippen LogP contribution in [0.4, 0.5) is 11.4 Å². The molecule has 1 amide bonds. The Balaban J connectivity index is 1.43. The van der Waals surface area contributed by atoms with Crippen LogP contribution >= 0.6 is 11.3 Å². The molecule has 1 aromatic heterocycles. The third-order valence-electron chi connectivity index (χ3n) is 9.16. The molecule has 3 aliphatic heterocycles. The zero-order chi connectivity index (χ0) is 28.8. The van der Waals surface area contributed by atoms with Crippen molar-refractivity contribution in [2.24, 2.45) is 5.92 Å². The first-order valence-corrected chi connectivity index (χ1v) is 15.6. The number of hydrogen-bond donors (Lipinski definition) is 1. The molecule has 0 saturated carbocycles. The Morgan fingerprint density at radius 1 is 0.905 bits per heavy atom. The van der Waals surface area contributed by atoms with Crippen molar-refractivity contribution in [3.63, 3.8) is 0 Å². The summed E-state index contributed by atoms with van der Waals surface area (Å²) in [6.07, 6.45) is 8.42. The van der Waals surface area contributed by atoms with E-state index in [0.717, 1.165) is 36.1 Å². The topological polar surface area (TPSA) is 66.5 Å². The number of thiophene rings is 1. The molecule has 0 unspecified atom stereocenters. The monoisotopic (exact) mass is 572 g/mol. The minimum atomic E-state index is -1.28. The van der Waals surface area contributed by atoms with Crippen LogP contribution in [0.15, 0.2) is 96.4 Å². The highest BCUT2D eigenvalue weighted by atomic mass is 32.1. The highest BCUT2D eigenvalue weighted by molar-refractivity contribution is 7.12. The van der Waals surface area contributed by atoms with Gasteiger partial charge in [0.05, 0.1) is 16.8 Å². The van der Waals surface area contributed by atoms with Gasteiger partial charge in [-0.15, -0.1) is 11.3 Å². The highest BCUT2D eigenvalue weighted by Crippen LogP contribution is 2.58. The predicted octanol–water partition coefficient (Wildman–Crippen LogP) is 7.34. The van der Waals surface area contributed by atoms with Gasteiger partial charge >= 0.3 is 0 Å². The van der Waals surface area contributed by atoms with Crippen LogP contribution < -0.4 is 10.2 Å². The van der Waals surface area contributed by atoms with Crippen LogP contribution in [0.5, 0.6) is 0 Å². The quantitative estimate of drug-likeness (QED) is 0.177. The molecule has 4 aromatic rings. The van der Waals surface area contributed by atoms with E-state index in [2.05, 4.69) is 17.1 Å². The van der Waals surface area contributed by atoms with E-state index in [-0.39, 0.29) is 17.5 Å². The zero-order valence-corrected chi connectivity index (χ0v) is 24.3. The summed E-state index contributed by atoms with van der Waals surface area (Å²) in [5.74, 6) is -1.50. The first-order valence-electron chi connectivity index (χ1n) is 14.7. The number of aryl methyl sites for hydroxylation is 1. The van der Waals surface area contributed by atoms with Crippen molar-refractivity contribution in [1.82, 2.24) is 0 Å². The average molecular weight is 573 g/mol. The lowest BCUT2D eigenvalue weighted by atomic mass is 9.64. The maximum absolute atomic E-state index is 14.9. The van der Waals surface area contributed by atoms with Crippen LogP contribution in [-0.2, 0) is 16.6 Å². The van der Waals surface area contributed by atoms with Gasteiger partial charge in [-0.25, -0.2) is 0 Å². The Bertz CT molecular complexity index is 1710. The van der Waals surface area contributed by atoms with E-state index in [9.17, 15) is 14.4 Å². The third kappa shape index (κ3) is 3.92. The summed E-state index contributed by atoms with van der Waals surface area (Å²) < 4.78 is 0. The number of amides is 1. The number of fused-ring (bicyclic) bond motifs is 6. The normalized spacial score (nSPS) is 23.4. The SMILES string of the molecule is CCCCCc1ccc(C(=O)[C@H]2[C@H](C(=O)c3cccs3)N3c4ccccc4C=C[C@@H]3[C@]23C(=O)Nc2ccccc23)cc1. The summed E-state index contributed by atoms with van der Waals surface area (Å²) in [5.41, 5.74) is 3.72. The summed E-state index contributed by atoms with van der Waals surface area (Å²) in [5, 5.41) is 4.98. The molecule has 4 heterocycles. The summed E-state index contributed by atoms with van der Waals surface area (Å²) in [7, 11) is 0. The standard InChI is InChI=1S/C36H32N2O3S/c1-2-3-4-10-23-16-18-25(19-17-23)33(39)31-32(34(40)29-15-9-22-42-29)38-28-14-8-5-11-24(28)20-21-30(38)36(31)26-12-6-7-13-27(26)37-35(36)41/h5-9,11-22,30-32H,2-4,10H2,1H3,(H,37,41)/t30-,31-,32-,36+/m1/s1. The highest BCUT2D eigenvalue weighted by Gasteiger charge is 2.70. The van der Waals surface area contributed by atoms with Gasteiger partial charge in [0.2, 0.25) is 5.91 Å². The molecule has 4 atom stereocenters. The number of hydrogen-bond acceptors (Lipinski definition) is 5. The lowest BCUT2D eigenvalue weighted by molar-refractivity contribution is -0.121. The van der Waals surface area contributed by atoms with Gasteiger partial charge in [0.15, 0.2) is 11.6 Å². The molecule has 0 radical (unpaired) electrons. The number of nitrogens with one attached hydrogen (secondary N) is 1. The molecule has 42 heavy (non-hydrogen) atoms. The van der Waals surface area contributed by atoms with E-state index in [1.54, 1.807) is 0 Å². The molecule has 210 valence electrons. The van der Waals surface area contributed by atoms with Crippen LogP contribution in [0.25, 0.3) is 6.08 Å². The maximum Gasteiger partial charge on any atom is 0.238 e. The van der Waals surface area contributed by atoms with Crippen molar-refractivity contribution in [2.45, 2.75) is 50.1 Å². The summed E-state index contributed by atoms with van der Waals surface area (Å²) >= 11 is 1.37. The van der Waals surface area contributed by atoms with Gasteiger partial charge in [-0.05, 0) is 53.1 Å². The van der Waals surface area contributed by atoms with Gasteiger partial charge in [-0.2, -0.15) is 0 Å². The molecule has 1 fully saturated rings. The van der Waals surface area contributed by atoms with Crippen LogP contribution in [0.1, 0.15) is 62.9 Å². The largest absolute Gasteiger partial charge is 0.352 e. The van der Waals surface area contributed by atoms with E-state index in [1.807, 2.05) is 102 Å². The van der Waals surface area contributed by atoms with Crippen molar-refractivity contribution in [1.29, 1.82) is 0 Å². The molecular formula is C36H32N2O3S. The Kier molecular flexibility index (Phi) is 6.66. The van der Waals surface area contributed by atoms with Crippen molar-refractivity contribution >= 4 is 46.3 Å². The minimum Gasteiger partial charge on any atom is -0.352 e. The van der Waals surface area contributed by atoms with Gasteiger partial charge < -0.3 is 10.2 Å². The van der Waals surface area contributed by atoms with Crippen LogP contribution in [0.2, 0.25) is 0 Å². The Labute approximate surface area is 249 Å². The molecule has 6 heteroatoms.